The van der Waals surface area contributed by atoms with Gasteiger partial charge in [-0.25, -0.2) is 4.79 Å². The van der Waals surface area contributed by atoms with E-state index in [0.717, 1.165) is 11.1 Å². The predicted molar refractivity (Wildman–Crippen MR) is 99.3 cm³/mol. The van der Waals surface area contributed by atoms with E-state index in [9.17, 15) is 4.79 Å². The first-order valence-electron chi connectivity index (χ1n) is 8.32. The van der Waals surface area contributed by atoms with Crippen LogP contribution < -0.4 is 9.47 Å². The van der Waals surface area contributed by atoms with E-state index in [1.807, 2.05) is 60.7 Å². The molecule has 0 bridgehead atoms. The number of esters is 1. The van der Waals surface area contributed by atoms with Crippen molar-refractivity contribution >= 4 is 5.97 Å². The maximum Gasteiger partial charge on any atom is 0.341 e. The fourth-order valence-corrected chi connectivity index (χ4v) is 2.47. The lowest BCUT2D eigenvalue weighted by Gasteiger charge is -2.13. The third kappa shape index (κ3) is 4.63. The molecule has 4 heteroatoms. The fraction of sp³-hybridized carbons (Fsp3) is 0.136. The zero-order chi connectivity index (χ0) is 18.2. The van der Waals surface area contributed by atoms with E-state index in [0.29, 0.717) is 30.3 Å². The van der Waals surface area contributed by atoms with E-state index < -0.39 is 5.97 Å². The summed E-state index contributed by atoms with van der Waals surface area (Å²) in [5.74, 6) is 0.624. The summed E-state index contributed by atoms with van der Waals surface area (Å²) < 4.78 is 16.5. The lowest BCUT2D eigenvalue weighted by molar-refractivity contribution is 0.0595. The molecule has 0 spiro atoms. The summed E-state index contributed by atoms with van der Waals surface area (Å²) in [5, 5.41) is 0. The highest BCUT2D eigenvalue weighted by atomic mass is 16.5. The van der Waals surface area contributed by atoms with Gasteiger partial charge in [-0.3, -0.25) is 0 Å². The Morgan fingerprint density at radius 1 is 0.769 bits per heavy atom. The minimum absolute atomic E-state index is 0.354. The minimum atomic E-state index is -0.442. The molecule has 0 heterocycles. The van der Waals surface area contributed by atoms with Crippen molar-refractivity contribution in [1.29, 1.82) is 0 Å². The molecule has 0 aromatic heterocycles. The third-order valence-electron chi connectivity index (χ3n) is 3.84. The number of methoxy groups -OCH3 is 1. The van der Waals surface area contributed by atoms with Crippen molar-refractivity contribution in [2.24, 2.45) is 0 Å². The van der Waals surface area contributed by atoms with Gasteiger partial charge in [-0.05, 0) is 23.3 Å². The Morgan fingerprint density at radius 3 is 1.92 bits per heavy atom. The molecule has 0 aliphatic heterocycles. The largest absolute Gasteiger partial charge is 0.489 e. The monoisotopic (exact) mass is 348 g/mol. The molecule has 0 atom stereocenters. The summed E-state index contributed by atoms with van der Waals surface area (Å²) in [5.41, 5.74) is 2.45. The normalized spacial score (nSPS) is 10.2. The van der Waals surface area contributed by atoms with E-state index in [1.54, 1.807) is 18.2 Å². The predicted octanol–water partition coefficient (Wildman–Crippen LogP) is 4.63. The summed E-state index contributed by atoms with van der Waals surface area (Å²) in [4.78, 5) is 12.0. The van der Waals surface area contributed by atoms with E-state index in [2.05, 4.69) is 0 Å². The van der Waals surface area contributed by atoms with Crippen LogP contribution in [0.25, 0.3) is 0 Å². The smallest absolute Gasteiger partial charge is 0.341 e. The zero-order valence-corrected chi connectivity index (χ0v) is 14.6. The van der Waals surface area contributed by atoms with Gasteiger partial charge in [-0.15, -0.1) is 0 Å². The molecule has 132 valence electrons. The van der Waals surface area contributed by atoms with Crippen molar-refractivity contribution in [3.8, 4) is 11.5 Å². The van der Waals surface area contributed by atoms with Gasteiger partial charge < -0.3 is 14.2 Å². The second-order valence-electron chi connectivity index (χ2n) is 5.70. The molecular formula is C22H20O4. The van der Waals surface area contributed by atoms with Gasteiger partial charge in [0.15, 0.2) is 0 Å². The Balaban J connectivity index is 1.76. The van der Waals surface area contributed by atoms with Crippen LogP contribution in [0.2, 0.25) is 0 Å². The molecule has 0 N–H and O–H groups in total. The van der Waals surface area contributed by atoms with Crippen LogP contribution in [-0.2, 0) is 18.0 Å². The minimum Gasteiger partial charge on any atom is -0.489 e. The summed E-state index contributed by atoms with van der Waals surface area (Å²) >= 11 is 0. The lowest BCUT2D eigenvalue weighted by atomic mass is 10.2. The molecule has 0 unspecified atom stereocenters. The Hall–Kier alpha value is -3.27. The summed E-state index contributed by atoms with van der Waals surface area (Å²) in [6, 6.07) is 24.8. The Bertz CT molecular complexity index is 845. The van der Waals surface area contributed by atoms with Gasteiger partial charge in [0.1, 0.15) is 30.3 Å². The number of hydrogen-bond donors (Lipinski definition) is 0. The number of hydrogen-bond acceptors (Lipinski definition) is 4. The summed E-state index contributed by atoms with van der Waals surface area (Å²) in [7, 11) is 1.35. The highest BCUT2D eigenvalue weighted by molar-refractivity contribution is 5.92. The Morgan fingerprint density at radius 2 is 1.35 bits per heavy atom. The molecule has 0 fully saturated rings. The number of carbonyl (C=O) groups is 1. The van der Waals surface area contributed by atoms with E-state index in [-0.39, 0.29) is 0 Å². The van der Waals surface area contributed by atoms with Crippen LogP contribution in [0.1, 0.15) is 21.5 Å². The van der Waals surface area contributed by atoms with Gasteiger partial charge in [0.2, 0.25) is 0 Å². The topological polar surface area (TPSA) is 44.8 Å². The number of benzene rings is 3. The van der Waals surface area contributed by atoms with Crippen molar-refractivity contribution in [2.45, 2.75) is 13.2 Å². The Kier molecular flexibility index (Phi) is 5.88. The van der Waals surface area contributed by atoms with Crippen LogP contribution in [0.4, 0.5) is 0 Å². The second kappa shape index (κ2) is 8.72. The van der Waals surface area contributed by atoms with Gasteiger partial charge in [0, 0.05) is 6.07 Å². The zero-order valence-electron chi connectivity index (χ0n) is 14.6. The molecule has 0 aliphatic carbocycles. The highest BCUT2D eigenvalue weighted by Gasteiger charge is 2.14. The van der Waals surface area contributed by atoms with Gasteiger partial charge >= 0.3 is 5.97 Å². The second-order valence-corrected chi connectivity index (χ2v) is 5.70. The first kappa shape index (κ1) is 17.5. The summed E-state index contributed by atoms with van der Waals surface area (Å²) in [6.45, 7) is 0.795. The van der Waals surface area contributed by atoms with Crippen LogP contribution in [-0.4, -0.2) is 13.1 Å². The third-order valence-corrected chi connectivity index (χ3v) is 3.84. The highest BCUT2D eigenvalue weighted by Crippen LogP contribution is 2.27. The van der Waals surface area contributed by atoms with Gasteiger partial charge in [0.05, 0.1) is 7.11 Å². The van der Waals surface area contributed by atoms with Crippen molar-refractivity contribution < 1.29 is 19.0 Å². The van der Waals surface area contributed by atoms with E-state index in [1.165, 1.54) is 7.11 Å². The van der Waals surface area contributed by atoms with Gasteiger partial charge in [-0.2, -0.15) is 0 Å². The molecular weight excluding hydrogens is 328 g/mol. The van der Waals surface area contributed by atoms with E-state index >= 15 is 0 Å². The van der Waals surface area contributed by atoms with Gasteiger partial charge in [-0.1, -0.05) is 60.7 Å². The lowest BCUT2D eigenvalue weighted by Crippen LogP contribution is -2.06. The first-order valence-corrected chi connectivity index (χ1v) is 8.32. The van der Waals surface area contributed by atoms with Crippen LogP contribution in [0.15, 0.2) is 78.9 Å². The Labute approximate surface area is 153 Å². The van der Waals surface area contributed by atoms with Gasteiger partial charge in [0.25, 0.3) is 0 Å². The average molecular weight is 348 g/mol. The van der Waals surface area contributed by atoms with Crippen molar-refractivity contribution in [2.75, 3.05) is 7.11 Å². The quantitative estimate of drug-likeness (QED) is 0.584. The maximum absolute atomic E-state index is 12.0. The molecule has 4 nitrogen and oxygen atoms in total. The molecule has 26 heavy (non-hydrogen) atoms. The van der Waals surface area contributed by atoms with Crippen LogP contribution >= 0.6 is 0 Å². The molecule has 0 aliphatic rings. The fourth-order valence-electron chi connectivity index (χ4n) is 2.47. The molecule has 3 rings (SSSR count). The molecule has 3 aromatic rings. The summed E-state index contributed by atoms with van der Waals surface area (Å²) in [6.07, 6.45) is 0. The van der Waals surface area contributed by atoms with Crippen LogP contribution in [0.5, 0.6) is 11.5 Å². The standard InChI is InChI=1S/C22H20O4/c1-24-22(23)20-13-12-19(25-15-17-8-4-2-5-9-17)14-21(20)26-16-18-10-6-3-7-11-18/h2-14H,15-16H2,1H3. The molecule has 0 saturated carbocycles. The van der Waals surface area contributed by atoms with Crippen molar-refractivity contribution in [1.82, 2.24) is 0 Å². The number of ether oxygens (including phenoxy) is 3. The molecule has 0 amide bonds. The van der Waals surface area contributed by atoms with Crippen LogP contribution in [0.3, 0.4) is 0 Å². The van der Waals surface area contributed by atoms with Crippen molar-refractivity contribution in [3.63, 3.8) is 0 Å². The van der Waals surface area contributed by atoms with Crippen LogP contribution in [0, 0.1) is 0 Å². The first-order chi connectivity index (χ1) is 12.8. The van der Waals surface area contributed by atoms with Crippen molar-refractivity contribution in [3.05, 3.63) is 95.6 Å². The maximum atomic E-state index is 12.0. The molecule has 3 aromatic carbocycles. The molecule has 0 radical (unpaired) electrons. The SMILES string of the molecule is COC(=O)c1ccc(OCc2ccccc2)cc1OCc1ccccc1. The molecule has 0 saturated heterocycles. The number of rotatable bonds is 7. The number of carbonyl (C=O) groups excluding carboxylic acids is 1. The average Bonchev–Trinajstić information content (AvgIpc) is 2.71. The van der Waals surface area contributed by atoms with E-state index in [4.69, 9.17) is 14.2 Å².